The first kappa shape index (κ1) is 28.2. The minimum atomic E-state index is -1.02. The van der Waals surface area contributed by atoms with Crippen LogP contribution in [0.15, 0.2) is 121 Å². The van der Waals surface area contributed by atoms with E-state index in [1.807, 2.05) is 84.9 Å². The highest BCUT2D eigenvalue weighted by atomic mass is 16.6. The summed E-state index contributed by atoms with van der Waals surface area (Å²) in [7, 11) is 0. The number of carbonyl (C=O) groups is 1. The van der Waals surface area contributed by atoms with Crippen molar-refractivity contribution in [2.75, 3.05) is 13.2 Å². The summed E-state index contributed by atoms with van der Waals surface area (Å²) in [5.74, 6) is 2.12. The zero-order valence-electron chi connectivity index (χ0n) is 22.6. The summed E-state index contributed by atoms with van der Waals surface area (Å²) < 4.78 is 22.3. The van der Waals surface area contributed by atoms with Crippen LogP contribution in [0.3, 0.4) is 0 Å². The van der Waals surface area contributed by atoms with Crippen molar-refractivity contribution in [2.24, 2.45) is 0 Å². The van der Waals surface area contributed by atoms with Crippen LogP contribution in [0.4, 0.5) is 0 Å². The van der Waals surface area contributed by atoms with Crippen LogP contribution in [0, 0.1) is 0 Å². The molecule has 4 aromatic rings. The molecule has 0 amide bonds. The van der Waals surface area contributed by atoms with E-state index in [9.17, 15) is 9.90 Å². The van der Waals surface area contributed by atoms with E-state index in [0.717, 1.165) is 33.8 Å². The number of carbonyl (C=O) groups excluding carboxylic acids is 1. The van der Waals surface area contributed by atoms with Gasteiger partial charge in [-0.05, 0) is 90.2 Å². The maximum absolute atomic E-state index is 11.7. The number of aliphatic hydroxyl groups excluding tert-OH is 1. The van der Waals surface area contributed by atoms with Crippen molar-refractivity contribution in [1.82, 2.24) is 0 Å². The highest BCUT2D eigenvalue weighted by Crippen LogP contribution is 2.27. The Hall–Kier alpha value is -4.81. The molecule has 0 aliphatic rings. The minimum absolute atomic E-state index is 0.356. The van der Waals surface area contributed by atoms with Crippen molar-refractivity contribution in [1.29, 1.82) is 0 Å². The zero-order chi connectivity index (χ0) is 28.5. The molecular formula is C34H32O6. The Balaban J connectivity index is 1.22. The molecule has 0 radical (unpaired) electrons. The van der Waals surface area contributed by atoms with Crippen molar-refractivity contribution in [3.63, 3.8) is 0 Å². The lowest BCUT2D eigenvalue weighted by Gasteiger charge is -2.13. The van der Waals surface area contributed by atoms with Gasteiger partial charge in [0.25, 0.3) is 0 Å². The average molecular weight is 537 g/mol. The molecule has 0 bridgehead atoms. The van der Waals surface area contributed by atoms with Gasteiger partial charge in [0.1, 0.15) is 36.2 Å². The molecule has 0 heterocycles. The fourth-order valence-corrected chi connectivity index (χ4v) is 3.67. The second kappa shape index (κ2) is 13.3. The van der Waals surface area contributed by atoms with E-state index < -0.39 is 12.3 Å². The number of benzene rings is 4. The fraction of sp³-hybridized carbons (Fsp3) is 0.147. The monoisotopic (exact) mass is 536 g/mol. The van der Waals surface area contributed by atoms with Gasteiger partial charge in [-0.2, -0.15) is 0 Å². The first-order chi connectivity index (χ1) is 19.3. The third-order valence-electron chi connectivity index (χ3n) is 5.93. The molecule has 40 heavy (non-hydrogen) atoms. The van der Waals surface area contributed by atoms with E-state index in [0.29, 0.717) is 35.9 Å². The van der Waals surface area contributed by atoms with Crippen molar-refractivity contribution in [3.8, 4) is 45.3 Å². The van der Waals surface area contributed by atoms with Crippen LogP contribution in [0.2, 0.25) is 0 Å². The van der Waals surface area contributed by atoms with Crippen LogP contribution < -0.4 is 18.9 Å². The second-order valence-corrected chi connectivity index (χ2v) is 9.28. The topological polar surface area (TPSA) is 74.2 Å². The Bertz CT molecular complexity index is 1440. The zero-order valence-corrected chi connectivity index (χ0v) is 22.6. The summed E-state index contributed by atoms with van der Waals surface area (Å²) in [5, 5.41) is 9.79. The van der Waals surface area contributed by atoms with Gasteiger partial charge in [-0.3, -0.25) is 0 Å². The summed E-state index contributed by atoms with van der Waals surface area (Å²) in [6.07, 6.45) is -1.02. The molecule has 1 atom stereocenters. The van der Waals surface area contributed by atoms with Crippen molar-refractivity contribution >= 4 is 5.97 Å². The molecule has 1 N–H and O–H groups in total. The van der Waals surface area contributed by atoms with Crippen LogP contribution in [0.1, 0.15) is 13.8 Å². The van der Waals surface area contributed by atoms with Crippen molar-refractivity contribution in [2.45, 2.75) is 20.1 Å². The summed E-state index contributed by atoms with van der Waals surface area (Å²) in [4.78, 5) is 11.7. The first-order valence-corrected chi connectivity index (χ1v) is 12.8. The Labute approximate surface area is 234 Å². The molecule has 0 saturated carbocycles. The summed E-state index contributed by atoms with van der Waals surface area (Å²) in [6, 6.07) is 30.4. The standard InChI is InChI=1S/C34H32O6/c1-23(2)33(35)39-31-17-9-27(10-18-31)25-5-13-29(14-6-25)37-21-22-38-30-15-7-26(8-16-30)28-11-19-32(20-12-28)40-34(36)24(3)4/h5-20,33,35H,1,3,21-22H2,2,4H3. The van der Waals surface area contributed by atoms with E-state index in [1.165, 1.54) is 0 Å². The number of aliphatic hydroxyl groups is 1. The molecule has 0 aliphatic carbocycles. The minimum Gasteiger partial charge on any atom is -0.490 e. The molecule has 0 aromatic heterocycles. The van der Waals surface area contributed by atoms with Gasteiger partial charge in [0.05, 0.1) is 0 Å². The summed E-state index contributed by atoms with van der Waals surface area (Å²) in [6.45, 7) is 11.4. The molecule has 0 saturated heterocycles. The molecule has 204 valence electrons. The predicted molar refractivity (Wildman–Crippen MR) is 157 cm³/mol. The lowest BCUT2D eigenvalue weighted by molar-refractivity contribution is -0.130. The van der Waals surface area contributed by atoms with Crippen molar-refractivity contribution in [3.05, 3.63) is 121 Å². The lowest BCUT2D eigenvalue weighted by Crippen LogP contribution is -2.15. The van der Waals surface area contributed by atoms with Crippen molar-refractivity contribution < 1.29 is 28.8 Å². The van der Waals surface area contributed by atoms with Crippen LogP contribution >= 0.6 is 0 Å². The molecule has 0 aliphatic heterocycles. The lowest BCUT2D eigenvalue weighted by atomic mass is 10.1. The third-order valence-corrected chi connectivity index (χ3v) is 5.93. The van der Waals surface area contributed by atoms with E-state index in [2.05, 4.69) is 13.2 Å². The van der Waals surface area contributed by atoms with Gasteiger partial charge in [-0.15, -0.1) is 0 Å². The van der Waals surface area contributed by atoms with Crippen LogP contribution in [0.5, 0.6) is 23.0 Å². The third kappa shape index (κ3) is 7.85. The number of hydrogen-bond acceptors (Lipinski definition) is 6. The molecule has 6 heteroatoms. The largest absolute Gasteiger partial charge is 0.490 e. The van der Waals surface area contributed by atoms with Crippen LogP contribution in [-0.4, -0.2) is 30.6 Å². The number of hydrogen-bond donors (Lipinski definition) is 1. The molecular weight excluding hydrogens is 504 g/mol. The highest BCUT2D eigenvalue weighted by Gasteiger charge is 2.08. The van der Waals surface area contributed by atoms with Gasteiger partial charge in [0.15, 0.2) is 0 Å². The van der Waals surface area contributed by atoms with Gasteiger partial charge >= 0.3 is 5.97 Å². The number of esters is 1. The van der Waals surface area contributed by atoms with Crippen LogP contribution in [0.25, 0.3) is 22.3 Å². The normalized spacial score (nSPS) is 11.3. The van der Waals surface area contributed by atoms with E-state index >= 15 is 0 Å². The summed E-state index contributed by atoms with van der Waals surface area (Å²) in [5.41, 5.74) is 4.99. The average Bonchev–Trinajstić information content (AvgIpc) is 2.97. The molecule has 6 nitrogen and oxygen atoms in total. The Morgan fingerprint density at radius 2 is 0.975 bits per heavy atom. The van der Waals surface area contributed by atoms with Crippen LogP contribution in [-0.2, 0) is 4.79 Å². The van der Waals surface area contributed by atoms with E-state index in [4.69, 9.17) is 18.9 Å². The fourth-order valence-electron chi connectivity index (χ4n) is 3.67. The maximum Gasteiger partial charge on any atom is 0.338 e. The maximum atomic E-state index is 11.7. The molecule has 0 spiro atoms. The first-order valence-electron chi connectivity index (χ1n) is 12.8. The Morgan fingerprint density at radius 1 is 0.625 bits per heavy atom. The van der Waals surface area contributed by atoms with Gasteiger partial charge < -0.3 is 24.1 Å². The van der Waals surface area contributed by atoms with Gasteiger partial charge in [-0.1, -0.05) is 61.7 Å². The van der Waals surface area contributed by atoms with Gasteiger partial charge in [0.2, 0.25) is 6.29 Å². The second-order valence-electron chi connectivity index (χ2n) is 9.28. The number of ether oxygens (including phenoxy) is 4. The predicted octanol–water partition coefficient (Wildman–Crippen LogP) is 7.23. The van der Waals surface area contributed by atoms with E-state index in [-0.39, 0.29) is 0 Å². The Kier molecular flexibility index (Phi) is 9.39. The molecule has 4 aromatic carbocycles. The van der Waals surface area contributed by atoms with E-state index in [1.54, 1.807) is 26.0 Å². The Morgan fingerprint density at radius 3 is 1.32 bits per heavy atom. The number of rotatable bonds is 12. The quantitative estimate of drug-likeness (QED) is 0.0514. The molecule has 4 rings (SSSR count). The van der Waals surface area contributed by atoms with Gasteiger partial charge in [-0.25, -0.2) is 4.79 Å². The molecule has 0 fully saturated rings. The highest BCUT2D eigenvalue weighted by molar-refractivity contribution is 5.88. The molecule has 1 unspecified atom stereocenters. The smallest absolute Gasteiger partial charge is 0.338 e. The van der Waals surface area contributed by atoms with Gasteiger partial charge in [0, 0.05) is 5.57 Å². The SMILES string of the molecule is C=C(C)C(=O)Oc1ccc(-c2ccc(OCCOc3ccc(-c4ccc(OC(O)C(=C)C)cc4)cc3)cc2)cc1. The summed E-state index contributed by atoms with van der Waals surface area (Å²) >= 11 is 0.